The fraction of sp³-hybridized carbons (Fsp3) is 0.929. The van der Waals surface area contributed by atoms with Crippen LogP contribution in [0.2, 0.25) is 0 Å². The van der Waals surface area contributed by atoms with Crippen molar-refractivity contribution in [1.29, 1.82) is 0 Å². The molecular weight excluding hydrogens is 228 g/mol. The molecule has 4 heteroatoms. The minimum absolute atomic E-state index is 0.449. The molecule has 0 unspecified atom stereocenters. The van der Waals surface area contributed by atoms with E-state index < -0.39 is 11.4 Å². The van der Waals surface area contributed by atoms with Crippen LogP contribution < -0.4 is 5.32 Å². The summed E-state index contributed by atoms with van der Waals surface area (Å²) in [7, 11) is 0. The number of likely N-dealkylation sites (tertiary alicyclic amines) is 1. The fourth-order valence-corrected chi connectivity index (χ4v) is 3.81. The van der Waals surface area contributed by atoms with Crippen LogP contribution in [-0.2, 0) is 4.79 Å². The van der Waals surface area contributed by atoms with Gasteiger partial charge in [0.1, 0.15) is 0 Å². The normalized spacial score (nSPS) is 42.1. The molecule has 1 aliphatic carbocycles. The molecule has 0 bridgehead atoms. The van der Waals surface area contributed by atoms with E-state index in [1.807, 2.05) is 6.92 Å². The Kier molecular flexibility index (Phi) is 3.10. The second-order valence-electron chi connectivity index (χ2n) is 6.74. The summed E-state index contributed by atoms with van der Waals surface area (Å²) < 4.78 is 0. The highest BCUT2D eigenvalue weighted by Gasteiger charge is 2.49. The molecule has 18 heavy (non-hydrogen) atoms. The molecule has 1 atom stereocenters. The molecule has 0 aromatic rings. The third-order valence-corrected chi connectivity index (χ3v) is 5.37. The van der Waals surface area contributed by atoms with E-state index in [0.29, 0.717) is 6.04 Å². The van der Waals surface area contributed by atoms with Gasteiger partial charge in [0.25, 0.3) is 0 Å². The largest absolute Gasteiger partial charge is 0.481 e. The molecule has 2 aliphatic heterocycles. The van der Waals surface area contributed by atoms with Gasteiger partial charge in [-0.15, -0.1) is 0 Å². The first-order valence-corrected chi connectivity index (χ1v) is 7.27. The lowest BCUT2D eigenvalue weighted by Gasteiger charge is -2.51. The van der Waals surface area contributed by atoms with Crippen LogP contribution in [0.15, 0.2) is 0 Å². The van der Waals surface area contributed by atoms with Gasteiger partial charge in [-0.05, 0) is 64.1 Å². The van der Waals surface area contributed by atoms with Crippen molar-refractivity contribution in [2.45, 2.75) is 38.6 Å². The molecule has 2 saturated heterocycles. The summed E-state index contributed by atoms with van der Waals surface area (Å²) in [5.74, 6) is 1.10. The van der Waals surface area contributed by atoms with Crippen molar-refractivity contribution < 1.29 is 9.90 Å². The number of rotatable bonds is 3. The van der Waals surface area contributed by atoms with Crippen LogP contribution in [0.4, 0.5) is 0 Å². The van der Waals surface area contributed by atoms with Gasteiger partial charge in [-0.25, -0.2) is 0 Å². The van der Waals surface area contributed by atoms with Crippen LogP contribution in [0.3, 0.4) is 0 Å². The van der Waals surface area contributed by atoms with E-state index in [1.54, 1.807) is 0 Å². The standard InChI is InChI=1S/C14H24N2O2/c1-14(13(17)18)5-12(6-14)16-4-2-3-10(9-16)11-7-15-8-11/h10-12,15H,2-9H2,1H3,(H,17,18)/t10-,12-,14-/m0/s1. The van der Waals surface area contributed by atoms with E-state index in [1.165, 1.54) is 39.0 Å². The molecule has 102 valence electrons. The molecular formula is C14H24N2O2. The quantitative estimate of drug-likeness (QED) is 0.792. The van der Waals surface area contributed by atoms with Gasteiger partial charge < -0.3 is 15.3 Å². The lowest BCUT2D eigenvalue weighted by Crippen LogP contribution is -2.57. The monoisotopic (exact) mass is 252 g/mol. The summed E-state index contributed by atoms with van der Waals surface area (Å²) in [6.07, 6.45) is 4.35. The number of carbonyl (C=O) groups is 1. The number of carboxylic acid groups (broad SMARTS) is 1. The van der Waals surface area contributed by atoms with E-state index in [4.69, 9.17) is 5.11 Å². The summed E-state index contributed by atoms with van der Waals surface area (Å²) in [6, 6.07) is 0.530. The van der Waals surface area contributed by atoms with Gasteiger partial charge in [0, 0.05) is 12.6 Å². The highest BCUT2D eigenvalue weighted by atomic mass is 16.4. The van der Waals surface area contributed by atoms with Gasteiger partial charge in [-0.1, -0.05) is 0 Å². The molecule has 0 aromatic carbocycles. The minimum atomic E-state index is -0.615. The zero-order valence-corrected chi connectivity index (χ0v) is 11.2. The number of carboxylic acids is 1. The molecule has 2 N–H and O–H groups in total. The number of piperidine rings is 1. The summed E-state index contributed by atoms with van der Waals surface area (Å²) in [5.41, 5.74) is -0.449. The lowest BCUT2D eigenvalue weighted by molar-refractivity contribution is -0.158. The van der Waals surface area contributed by atoms with Gasteiger partial charge in [0.2, 0.25) is 0 Å². The van der Waals surface area contributed by atoms with Crippen molar-refractivity contribution in [3.05, 3.63) is 0 Å². The summed E-state index contributed by atoms with van der Waals surface area (Å²) in [6.45, 7) is 6.65. The van der Waals surface area contributed by atoms with Gasteiger partial charge >= 0.3 is 5.97 Å². The topological polar surface area (TPSA) is 52.6 Å². The summed E-state index contributed by atoms with van der Waals surface area (Å²) in [5, 5.41) is 12.5. The zero-order valence-electron chi connectivity index (χ0n) is 11.2. The average molecular weight is 252 g/mol. The van der Waals surface area contributed by atoms with Crippen LogP contribution in [-0.4, -0.2) is 48.2 Å². The molecule has 0 spiro atoms. The minimum Gasteiger partial charge on any atom is -0.481 e. The molecule has 3 aliphatic rings. The van der Waals surface area contributed by atoms with Crippen molar-refractivity contribution >= 4 is 5.97 Å². The molecule has 4 nitrogen and oxygen atoms in total. The van der Waals surface area contributed by atoms with Crippen LogP contribution in [0.25, 0.3) is 0 Å². The highest BCUT2D eigenvalue weighted by Crippen LogP contribution is 2.45. The first-order chi connectivity index (χ1) is 8.58. The van der Waals surface area contributed by atoms with Crippen molar-refractivity contribution in [2.24, 2.45) is 17.3 Å². The van der Waals surface area contributed by atoms with Crippen LogP contribution in [0, 0.1) is 17.3 Å². The Balaban J connectivity index is 1.53. The van der Waals surface area contributed by atoms with Crippen molar-refractivity contribution in [1.82, 2.24) is 10.2 Å². The molecule has 3 fully saturated rings. The Morgan fingerprint density at radius 3 is 2.61 bits per heavy atom. The maximum absolute atomic E-state index is 11.1. The third-order valence-electron chi connectivity index (χ3n) is 5.37. The van der Waals surface area contributed by atoms with Crippen molar-refractivity contribution in [2.75, 3.05) is 26.2 Å². The third kappa shape index (κ3) is 2.05. The number of hydrogen-bond acceptors (Lipinski definition) is 3. The van der Waals surface area contributed by atoms with E-state index in [2.05, 4.69) is 10.2 Å². The molecule has 0 aromatic heterocycles. The van der Waals surface area contributed by atoms with Gasteiger partial charge in [-0.2, -0.15) is 0 Å². The fourth-order valence-electron chi connectivity index (χ4n) is 3.81. The Labute approximate surface area is 109 Å². The second-order valence-corrected chi connectivity index (χ2v) is 6.74. The Morgan fingerprint density at radius 2 is 2.06 bits per heavy atom. The van der Waals surface area contributed by atoms with E-state index in [0.717, 1.165) is 24.7 Å². The predicted molar refractivity (Wildman–Crippen MR) is 69.4 cm³/mol. The number of hydrogen-bond donors (Lipinski definition) is 2. The van der Waals surface area contributed by atoms with E-state index >= 15 is 0 Å². The SMILES string of the molecule is C[C@]1(C(=O)O)C[C@H](N2CCC[C@H](C3CNC3)C2)C1. The Bertz CT molecular complexity index is 335. The predicted octanol–water partition coefficient (Wildman–Crippen LogP) is 1.17. The summed E-state index contributed by atoms with van der Waals surface area (Å²) >= 11 is 0. The summed E-state index contributed by atoms with van der Waals surface area (Å²) in [4.78, 5) is 13.7. The Hall–Kier alpha value is -0.610. The van der Waals surface area contributed by atoms with Crippen LogP contribution >= 0.6 is 0 Å². The zero-order chi connectivity index (χ0) is 12.8. The van der Waals surface area contributed by atoms with Gasteiger partial charge in [0.05, 0.1) is 5.41 Å². The highest BCUT2D eigenvalue weighted by molar-refractivity contribution is 5.75. The van der Waals surface area contributed by atoms with Gasteiger partial charge in [-0.3, -0.25) is 4.79 Å². The molecule has 1 saturated carbocycles. The van der Waals surface area contributed by atoms with Crippen molar-refractivity contribution in [3.63, 3.8) is 0 Å². The van der Waals surface area contributed by atoms with Crippen LogP contribution in [0.5, 0.6) is 0 Å². The van der Waals surface area contributed by atoms with E-state index in [-0.39, 0.29) is 0 Å². The molecule has 3 rings (SSSR count). The Morgan fingerprint density at radius 1 is 1.33 bits per heavy atom. The number of aliphatic carboxylic acids is 1. The molecule has 2 heterocycles. The van der Waals surface area contributed by atoms with Gasteiger partial charge in [0.15, 0.2) is 0 Å². The van der Waals surface area contributed by atoms with Crippen LogP contribution in [0.1, 0.15) is 32.6 Å². The smallest absolute Gasteiger partial charge is 0.309 e. The van der Waals surface area contributed by atoms with E-state index in [9.17, 15) is 4.79 Å². The maximum Gasteiger partial charge on any atom is 0.309 e. The number of nitrogens with zero attached hydrogens (tertiary/aromatic N) is 1. The average Bonchev–Trinajstić information content (AvgIpc) is 2.22. The molecule has 0 amide bonds. The molecule has 0 radical (unpaired) electrons. The first kappa shape index (κ1) is 12.4. The lowest BCUT2D eigenvalue weighted by atomic mass is 9.65. The first-order valence-electron chi connectivity index (χ1n) is 7.27. The maximum atomic E-state index is 11.1. The van der Waals surface area contributed by atoms with Crippen molar-refractivity contribution in [3.8, 4) is 0 Å². The number of nitrogens with one attached hydrogen (secondary N) is 1. The second kappa shape index (κ2) is 4.49.